The van der Waals surface area contributed by atoms with Crippen molar-refractivity contribution in [3.8, 4) is 37.3 Å². The van der Waals surface area contributed by atoms with Gasteiger partial charge in [0.1, 0.15) is 16.5 Å². The highest BCUT2D eigenvalue weighted by Gasteiger charge is 2.37. The Morgan fingerprint density at radius 1 is 1.03 bits per heavy atom. The highest BCUT2D eigenvalue weighted by atomic mass is 35.5. The lowest BCUT2D eigenvalue weighted by Crippen LogP contribution is -2.31. The molecule has 0 aliphatic carbocycles. The number of aliphatic hydroxyl groups is 1. The molecule has 4 aromatic rings. The Morgan fingerprint density at radius 3 is 2.41 bits per heavy atom. The third-order valence-corrected chi connectivity index (χ3v) is 7.27. The van der Waals surface area contributed by atoms with Crippen molar-refractivity contribution in [2.45, 2.75) is 12.2 Å². The van der Waals surface area contributed by atoms with Gasteiger partial charge in [0.15, 0.2) is 16.6 Å². The fourth-order valence-corrected chi connectivity index (χ4v) is 5.28. The summed E-state index contributed by atoms with van der Waals surface area (Å²) in [4.78, 5) is -0.457. The van der Waals surface area contributed by atoms with Crippen LogP contribution in [0.1, 0.15) is 4.88 Å². The van der Waals surface area contributed by atoms with E-state index >= 15 is 0 Å². The molecule has 2 heterocycles. The molecule has 0 bridgehead atoms. The Hall–Kier alpha value is -2.57. The van der Waals surface area contributed by atoms with Crippen LogP contribution in [0.15, 0.2) is 48.5 Å². The summed E-state index contributed by atoms with van der Waals surface area (Å²) in [6, 6.07) is 11.4. The topological polar surface area (TPSA) is 81.3 Å². The summed E-state index contributed by atoms with van der Waals surface area (Å²) in [7, 11) is 0. The van der Waals surface area contributed by atoms with E-state index in [0.29, 0.717) is 16.9 Å². The summed E-state index contributed by atoms with van der Waals surface area (Å²) < 4.78 is 60.8. The number of benzene rings is 2. The normalized spacial score (nSPS) is 12.7. The summed E-state index contributed by atoms with van der Waals surface area (Å²) in [6.45, 7) is -0.443. The molecule has 0 amide bonds. The van der Waals surface area contributed by atoms with E-state index in [1.807, 2.05) is 0 Å². The summed E-state index contributed by atoms with van der Waals surface area (Å²) in [5.41, 5.74) is 6.25. The predicted molar refractivity (Wildman–Crippen MR) is 125 cm³/mol. The molecule has 0 radical (unpaired) electrons. The van der Waals surface area contributed by atoms with Gasteiger partial charge in [-0.25, -0.2) is 4.39 Å². The van der Waals surface area contributed by atoms with Gasteiger partial charge < -0.3 is 15.6 Å². The van der Waals surface area contributed by atoms with Crippen LogP contribution in [0.25, 0.3) is 31.6 Å². The second-order valence-electron chi connectivity index (χ2n) is 7.15. The number of alkyl halides is 3. The first-order chi connectivity index (χ1) is 16.2. The van der Waals surface area contributed by atoms with Crippen molar-refractivity contribution in [1.82, 2.24) is 10.2 Å². The van der Waals surface area contributed by atoms with Crippen molar-refractivity contribution >= 4 is 34.3 Å². The zero-order valence-electron chi connectivity index (χ0n) is 17.1. The second-order valence-corrected chi connectivity index (χ2v) is 9.58. The van der Waals surface area contributed by atoms with Gasteiger partial charge in [0, 0.05) is 17.2 Å². The van der Waals surface area contributed by atoms with Crippen molar-refractivity contribution in [2.75, 3.05) is 13.2 Å². The fraction of sp³-hybridized carbons (Fsp3) is 0.182. The quantitative estimate of drug-likeness (QED) is 0.282. The standard InChI is InChI=1S/C22H16ClF4N3O2S2/c23-15-8-17(32-10-12(28)9-31)16(24)6-14(15)20-29-30-21(34-20)18-7-13(11-4-2-1-3-5-11)19(33-18)22(25,26)27/h1-8,12,31H,9-10,28H2. The van der Waals surface area contributed by atoms with Gasteiger partial charge >= 0.3 is 6.18 Å². The largest absolute Gasteiger partial charge is 0.489 e. The summed E-state index contributed by atoms with van der Waals surface area (Å²) in [5, 5.41) is 17.6. The lowest BCUT2D eigenvalue weighted by Gasteiger charge is -2.12. The van der Waals surface area contributed by atoms with E-state index in [4.69, 9.17) is 27.2 Å². The second kappa shape index (κ2) is 9.96. The first-order valence-electron chi connectivity index (χ1n) is 9.76. The minimum Gasteiger partial charge on any atom is -0.489 e. The average molecular weight is 530 g/mol. The Kier molecular flexibility index (Phi) is 7.20. The van der Waals surface area contributed by atoms with E-state index in [1.165, 1.54) is 12.1 Å². The zero-order chi connectivity index (χ0) is 24.5. The molecule has 0 fully saturated rings. The molecule has 0 saturated heterocycles. The molecule has 12 heteroatoms. The zero-order valence-corrected chi connectivity index (χ0v) is 19.5. The molecule has 4 rings (SSSR count). The maximum atomic E-state index is 14.5. The summed E-state index contributed by atoms with van der Waals surface area (Å²) in [6.07, 6.45) is -4.54. The van der Waals surface area contributed by atoms with Gasteiger partial charge in [0.25, 0.3) is 0 Å². The maximum Gasteiger partial charge on any atom is 0.426 e. The Bertz CT molecular complexity index is 1300. The molecule has 2 aromatic heterocycles. The molecule has 1 atom stereocenters. The molecular weight excluding hydrogens is 514 g/mol. The molecular formula is C22H16ClF4N3O2S2. The van der Waals surface area contributed by atoms with Gasteiger partial charge in [-0.15, -0.1) is 21.5 Å². The van der Waals surface area contributed by atoms with Crippen molar-refractivity contribution in [3.05, 3.63) is 64.2 Å². The van der Waals surface area contributed by atoms with E-state index in [1.54, 1.807) is 30.3 Å². The molecule has 0 saturated carbocycles. The van der Waals surface area contributed by atoms with Gasteiger partial charge in [-0.2, -0.15) is 13.2 Å². The number of aromatic nitrogens is 2. The third-order valence-electron chi connectivity index (χ3n) is 4.65. The maximum absolute atomic E-state index is 14.5. The number of rotatable bonds is 7. The van der Waals surface area contributed by atoms with E-state index in [2.05, 4.69) is 10.2 Å². The molecule has 0 aliphatic heterocycles. The number of nitrogens with zero attached hydrogens (tertiary/aromatic N) is 2. The van der Waals surface area contributed by atoms with Gasteiger partial charge in [-0.3, -0.25) is 0 Å². The third kappa shape index (κ3) is 5.23. The van der Waals surface area contributed by atoms with Crippen LogP contribution in [-0.2, 0) is 6.18 Å². The number of hydrogen-bond acceptors (Lipinski definition) is 7. The minimum atomic E-state index is -4.54. The van der Waals surface area contributed by atoms with Crippen LogP contribution in [0.5, 0.6) is 5.75 Å². The molecule has 2 aromatic carbocycles. The first-order valence-corrected chi connectivity index (χ1v) is 11.8. The number of thiophene rings is 1. The van der Waals surface area contributed by atoms with Crippen LogP contribution in [0.3, 0.4) is 0 Å². The SMILES string of the molecule is NC(CO)COc1cc(Cl)c(-c2nnc(-c3cc(-c4ccccc4)c(C(F)(F)F)s3)s2)cc1F. The summed E-state index contributed by atoms with van der Waals surface area (Å²) >= 11 is 7.84. The van der Waals surface area contributed by atoms with E-state index in [-0.39, 0.29) is 50.0 Å². The van der Waals surface area contributed by atoms with Crippen LogP contribution < -0.4 is 10.5 Å². The van der Waals surface area contributed by atoms with Crippen LogP contribution >= 0.6 is 34.3 Å². The number of nitrogens with two attached hydrogens (primary N) is 1. The van der Waals surface area contributed by atoms with Crippen molar-refractivity contribution < 1.29 is 27.4 Å². The molecule has 0 spiro atoms. The Balaban J connectivity index is 1.67. The monoisotopic (exact) mass is 529 g/mol. The number of aliphatic hydroxyl groups excluding tert-OH is 1. The van der Waals surface area contributed by atoms with Crippen molar-refractivity contribution in [3.63, 3.8) is 0 Å². The van der Waals surface area contributed by atoms with Gasteiger partial charge in [-0.05, 0) is 17.7 Å². The molecule has 1 unspecified atom stereocenters. The lowest BCUT2D eigenvalue weighted by atomic mass is 10.1. The molecule has 5 nitrogen and oxygen atoms in total. The van der Waals surface area contributed by atoms with Crippen LogP contribution in [0.2, 0.25) is 5.02 Å². The lowest BCUT2D eigenvalue weighted by molar-refractivity contribution is -0.133. The first kappa shape index (κ1) is 24.6. The van der Waals surface area contributed by atoms with Crippen LogP contribution in [-0.4, -0.2) is 34.6 Å². The number of hydrogen-bond donors (Lipinski definition) is 2. The Morgan fingerprint density at radius 2 is 1.74 bits per heavy atom. The highest BCUT2D eigenvalue weighted by molar-refractivity contribution is 7.23. The fourth-order valence-electron chi connectivity index (χ4n) is 3.02. The van der Waals surface area contributed by atoms with Crippen LogP contribution in [0, 0.1) is 5.82 Å². The van der Waals surface area contributed by atoms with Gasteiger partial charge in [0.05, 0.1) is 22.5 Å². The smallest absolute Gasteiger partial charge is 0.426 e. The van der Waals surface area contributed by atoms with Crippen molar-refractivity contribution in [2.24, 2.45) is 5.73 Å². The molecule has 178 valence electrons. The molecule has 34 heavy (non-hydrogen) atoms. The Labute approximate surface area is 204 Å². The summed E-state index contributed by atoms with van der Waals surface area (Å²) in [5.74, 6) is -0.883. The molecule has 0 aliphatic rings. The van der Waals surface area contributed by atoms with E-state index in [0.717, 1.165) is 17.4 Å². The predicted octanol–water partition coefficient (Wildman–Crippen LogP) is 6.11. The molecule has 3 N–H and O–H groups in total. The van der Waals surface area contributed by atoms with Crippen LogP contribution in [0.4, 0.5) is 17.6 Å². The number of halogens is 5. The highest BCUT2D eigenvalue weighted by Crippen LogP contribution is 2.47. The van der Waals surface area contributed by atoms with E-state index in [9.17, 15) is 17.6 Å². The number of ether oxygens (including phenoxy) is 1. The minimum absolute atomic E-state index is 0.0523. The van der Waals surface area contributed by atoms with E-state index < -0.39 is 22.9 Å². The van der Waals surface area contributed by atoms with Gasteiger partial charge in [0.2, 0.25) is 0 Å². The average Bonchev–Trinajstić information content (AvgIpc) is 3.47. The van der Waals surface area contributed by atoms with Gasteiger partial charge in [-0.1, -0.05) is 53.3 Å². The van der Waals surface area contributed by atoms with Crippen molar-refractivity contribution in [1.29, 1.82) is 0 Å².